The Balaban J connectivity index is 1.79. The van der Waals surface area contributed by atoms with Crippen molar-refractivity contribution in [3.8, 4) is 5.69 Å². The predicted molar refractivity (Wildman–Crippen MR) is 131 cm³/mol. The minimum atomic E-state index is -0.940. The van der Waals surface area contributed by atoms with Crippen molar-refractivity contribution in [1.29, 1.82) is 0 Å². The number of carboxylic acid groups (broad SMARTS) is 1. The maximum atomic E-state index is 11.5. The lowest BCUT2D eigenvalue weighted by molar-refractivity contribution is 0.0697. The summed E-state index contributed by atoms with van der Waals surface area (Å²) in [6.45, 7) is 5.52. The number of carbonyl (C=O) groups is 1. The van der Waals surface area contributed by atoms with E-state index in [1.165, 1.54) is 0 Å². The summed E-state index contributed by atoms with van der Waals surface area (Å²) >= 11 is 5.74. The minimum absolute atomic E-state index is 0.0492. The Bertz CT molecular complexity index is 1160. The number of ether oxygens (including phenoxy) is 1. The molecular weight excluding hydrogens is 436 g/mol. The van der Waals surface area contributed by atoms with Crippen LogP contribution in [0, 0.1) is 13.8 Å². The standard InChI is InChI=1S/C25H28N4O3S/c1-16-14-20(17(2)29(16)19-9-6-8-18(15-19)24(30)31)23-22(21-10-4-5-11-26-21)27-25(33)28(23)12-7-13-32-3/h4-6,8-11,14-15,22-23H,7,12-13H2,1-3H3,(H,27,33)(H,30,31)/t22-,23-/m1/s1. The van der Waals surface area contributed by atoms with Crippen LogP contribution in [-0.2, 0) is 4.74 Å². The average molecular weight is 465 g/mol. The zero-order chi connectivity index (χ0) is 23.5. The third-order valence-electron chi connectivity index (χ3n) is 6.09. The molecule has 3 aromatic rings. The molecule has 172 valence electrons. The van der Waals surface area contributed by atoms with Crippen LogP contribution in [0.2, 0.25) is 0 Å². The molecule has 2 atom stereocenters. The molecule has 1 aromatic carbocycles. The van der Waals surface area contributed by atoms with Gasteiger partial charge in [-0.15, -0.1) is 0 Å². The topological polar surface area (TPSA) is 79.6 Å². The zero-order valence-electron chi connectivity index (χ0n) is 19.0. The van der Waals surface area contributed by atoms with Crippen molar-refractivity contribution in [1.82, 2.24) is 19.8 Å². The van der Waals surface area contributed by atoms with E-state index in [0.29, 0.717) is 11.7 Å². The van der Waals surface area contributed by atoms with Gasteiger partial charge in [0.05, 0.1) is 23.3 Å². The van der Waals surface area contributed by atoms with Gasteiger partial charge in [-0.25, -0.2) is 4.79 Å². The average Bonchev–Trinajstić information content (AvgIpc) is 3.29. The Morgan fingerprint density at radius 3 is 2.73 bits per heavy atom. The Morgan fingerprint density at radius 1 is 1.21 bits per heavy atom. The molecule has 0 aliphatic carbocycles. The van der Waals surface area contributed by atoms with Crippen LogP contribution in [0.4, 0.5) is 0 Å². The third-order valence-corrected chi connectivity index (χ3v) is 6.44. The van der Waals surface area contributed by atoms with Crippen LogP contribution in [0.15, 0.2) is 54.7 Å². The first-order valence-electron chi connectivity index (χ1n) is 10.9. The first-order valence-corrected chi connectivity index (χ1v) is 11.3. The molecule has 0 bridgehead atoms. The van der Waals surface area contributed by atoms with E-state index in [-0.39, 0.29) is 17.6 Å². The van der Waals surface area contributed by atoms with E-state index in [1.54, 1.807) is 31.5 Å². The van der Waals surface area contributed by atoms with Gasteiger partial charge in [0, 0.05) is 43.5 Å². The Kier molecular flexibility index (Phi) is 6.76. The second-order valence-electron chi connectivity index (χ2n) is 8.18. The molecule has 0 saturated carbocycles. The van der Waals surface area contributed by atoms with Crippen LogP contribution >= 0.6 is 12.2 Å². The number of aryl methyl sites for hydroxylation is 1. The number of benzene rings is 1. The van der Waals surface area contributed by atoms with E-state index in [2.05, 4.69) is 32.8 Å². The molecule has 4 rings (SSSR count). The van der Waals surface area contributed by atoms with Crippen molar-refractivity contribution >= 4 is 23.3 Å². The lowest BCUT2D eigenvalue weighted by atomic mass is 9.96. The summed E-state index contributed by atoms with van der Waals surface area (Å²) in [6, 6.07) is 14.9. The summed E-state index contributed by atoms with van der Waals surface area (Å²) in [6.07, 6.45) is 2.65. The van der Waals surface area contributed by atoms with Crippen LogP contribution in [0.5, 0.6) is 0 Å². The molecule has 3 heterocycles. The molecule has 8 heteroatoms. The van der Waals surface area contributed by atoms with Crippen LogP contribution in [0.1, 0.15) is 51.5 Å². The monoisotopic (exact) mass is 464 g/mol. The van der Waals surface area contributed by atoms with E-state index in [4.69, 9.17) is 17.0 Å². The highest BCUT2D eigenvalue weighted by Gasteiger charge is 2.41. The number of carboxylic acids is 1. The molecule has 0 unspecified atom stereocenters. The first kappa shape index (κ1) is 22.9. The zero-order valence-corrected chi connectivity index (χ0v) is 19.8. The molecule has 1 aliphatic heterocycles. The summed E-state index contributed by atoms with van der Waals surface area (Å²) in [5, 5.41) is 13.6. The molecule has 7 nitrogen and oxygen atoms in total. The van der Waals surface area contributed by atoms with E-state index < -0.39 is 5.97 Å². The van der Waals surface area contributed by atoms with Gasteiger partial charge < -0.3 is 24.6 Å². The summed E-state index contributed by atoms with van der Waals surface area (Å²) in [5.41, 5.74) is 5.22. The van der Waals surface area contributed by atoms with Crippen molar-refractivity contribution < 1.29 is 14.6 Å². The Hall–Kier alpha value is -3.23. The number of aromatic carboxylic acids is 1. The largest absolute Gasteiger partial charge is 0.478 e. The number of nitrogens with one attached hydrogen (secondary N) is 1. The van der Waals surface area contributed by atoms with Gasteiger partial charge >= 0.3 is 5.97 Å². The van der Waals surface area contributed by atoms with Crippen LogP contribution in [-0.4, -0.2) is 50.9 Å². The fourth-order valence-corrected chi connectivity index (χ4v) is 4.96. The number of hydrogen-bond acceptors (Lipinski definition) is 4. The highest BCUT2D eigenvalue weighted by atomic mass is 32.1. The number of methoxy groups -OCH3 is 1. The number of rotatable bonds is 8. The van der Waals surface area contributed by atoms with Crippen LogP contribution < -0.4 is 5.32 Å². The van der Waals surface area contributed by atoms with E-state index in [0.717, 1.165) is 41.3 Å². The van der Waals surface area contributed by atoms with Crippen molar-refractivity contribution in [2.45, 2.75) is 32.4 Å². The second kappa shape index (κ2) is 9.72. The predicted octanol–water partition coefficient (Wildman–Crippen LogP) is 4.20. The molecular formula is C25H28N4O3S. The second-order valence-corrected chi connectivity index (χ2v) is 8.57. The van der Waals surface area contributed by atoms with Gasteiger partial charge in [0.1, 0.15) is 0 Å². The summed E-state index contributed by atoms with van der Waals surface area (Å²) in [7, 11) is 1.70. The molecule has 2 aromatic heterocycles. The molecule has 2 N–H and O–H groups in total. The molecule has 1 saturated heterocycles. The van der Waals surface area contributed by atoms with Crippen LogP contribution in [0.25, 0.3) is 5.69 Å². The lowest BCUT2D eigenvalue weighted by Crippen LogP contribution is -2.31. The lowest BCUT2D eigenvalue weighted by Gasteiger charge is -2.28. The number of pyridine rings is 1. The maximum absolute atomic E-state index is 11.5. The van der Waals surface area contributed by atoms with Gasteiger partial charge in [0.25, 0.3) is 0 Å². The Morgan fingerprint density at radius 2 is 2.03 bits per heavy atom. The van der Waals surface area contributed by atoms with Gasteiger partial charge in [0.15, 0.2) is 5.11 Å². The van der Waals surface area contributed by atoms with E-state index in [9.17, 15) is 9.90 Å². The normalized spacial score (nSPS) is 17.9. The quantitative estimate of drug-likeness (QED) is 0.382. The number of aromatic nitrogens is 2. The summed E-state index contributed by atoms with van der Waals surface area (Å²) in [5.74, 6) is -0.940. The fraction of sp³-hybridized carbons (Fsp3) is 0.320. The van der Waals surface area contributed by atoms with Gasteiger partial charge in [-0.1, -0.05) is 12.1 Å². The SMILES string of the molecule is COCCCN1C(=S)N[C@H](c2ccccn2)[C@H]1c1cc(C)n(-c2cccc(C(=O)O)c2)c1C. The van der Waals surface area contributed by atoms with Gasteiger partial charge in [-0.05, 0) is 74.4 Å². The highest BCUT2D eigenvalue weighted by molar-refractivity contribution is 7.80. The van der Waals surface area contributed by atoms with Crippen molar-refractivity contribution in [2.24, 2.45) is 0 Å². The van der Waals surface area contributed by atoms with Crippen molar-refractivity contribution in [3.63, 3.8) is 0 Å². The molecule has 0 spiro atoms. The molecule has 0 amide bonds. The van der Waals surface area contributed by atoms with Crippen molar-refractivity contribution in [2.75, 3.05) is 20.3 Å². The molecule has 33 heavy (non-hydrogen) atoms. The fourth-order valence-electron chi connectivity index (χ4n) is 4.63. The van der Waals surface area contributed by atoms with Gasteiger partial charge in [-0.3, -0.25) is 4.98 Å². The van der Waals surface area contributed by atoms with Gasteiger partial charge in [0.2, 0.25) is 0 Å². The Labute approximate surface area is 199 Å². The summed E-state index contributed by atoms with van der Waals surface area (Å²) < 4.78 is 7.37. The van der Waals surface area contributed by atoms with Crippen molar-refractivity contribution in [3.05, 3.63) is 82.9 Å². The summed E-state index contributed by atoms with van der Waals surface area (Å²) in [4.78, 5) is 18.3. The number of hydrogen-bond donors (Lipinski definition) is 2. The van der Waals surface area contributed by atoms with Gasteiger partial charge in [-0.2, -0.15) is 0 Å². The number of thiocarbonyl (C=S) groups is 1. The highest BCUT2D eigenvalue weighted by Crippen LogP contribution is 2.41. The maximum Gasteiger partial charge on any atom is 0.335 e. The third kappa shape index (κ3) is 4.49. The molecule has 1 fully saturated rings. The smallest absolute Gasteiger partial charge is 0.335 e. The first-order chi connectivity index (χ1) is 15.9. The molecule has 1 aliphatic rings. The number of nitrogens with zero attached hydrogens (tertiary/aromatic N) is 3. The van der Waals surface area contributed by atoms with E-state index >= 15 is 0 Å². The molecule has 0 radical (unpaired) electrons. The van der Waals surface area contributed by atoms with E-state index in [1.807, 2.05) is 31.2 Å². The minimum Gasteiger partial charge on any atom is -0.478 e. The van der Waals surface area contributed by atoms with Crippen LogP contribution in [0.3, 0.4) is 0 Å².